The second-order valence-corrected chi connectivity index (χ2v) is 8.39. The Morgan fingerprint density at radius 1 is 0.966 bits per heavy atom. The van der Waals surface area contributed by atoms with E-state index in [0.717, 1.165) is 42.1 Å². The number of piperidine rings is 1. The molecule has 1 amide bonds. The molecule has 1 saturated carbocycles. The average Bonchev–Trinajstić information content (AvgIpc) is 2.79. The number of nitrogens with zero attached hydrogens (tertiary/aromatic N) is 2. The van der Waals surface area contributed by atoms with Gasteiger partial charge in [-0.05, 0) is 37.0 Å². The molecule has 1 aromatic heterocycles. The maximum absolute atomic E-state index is 13.4. The van der Waals surface area contributed by atoms with Crippen molar-refractivity contribution in [1.29, 1.82) is 0 Å². The first kappa shape index (κ1) is 18.3. The van der Waals surface area contributed by atoms with Crippen molar-refractivity contribution < 1.29 is 9.90 Å². The topological polar surface area (TPSA) is 53.4 Å². The monoisotopic (exact) mass is 386 g/mol. The summed E-state index contributed by atoms with van der Waals surface area (Å²) in [4.78, 5) is 20.0. The summed E-state index contributed by atoms with van der Waals surface area (Å²) >= 11 is 0. The van der Waals surface area contributed by atoms with E-state index in [-0.39, 0.29) is 17.9 Å². The van der Waals surface area contributed by atoms with Gasteiger partial charge in [-0.3, -0.25) is 4.79 Å². The van der Waals surface area contributed by atoms with Crippen molar-refractivity contribution >= 4 is 16.8 Å². The largest absolute Gasteiger partial charge is 0.385 e. The van der Waals surface area contributed by atoms with Crippen molar-refractivity contribution in [3.05, 3.63) is 78.0 Å². The van der Waals surface area contributed by atoms with Gasteiger partial charge in [0.2, 0.25) is 0 Å². The average molecular weight is 386 g/mol. The molecule has 0 bridgehead atoms. The molecule has 4 heteroatoms. The SMILES string of the molecule is O=C(c1ccc2ccccc2n1)N1CCC(O)(c2ccccc2)[C@H]2CCCC[C@H]21. The van der Waals surface area contributed by atoms with Gasteiger partial charge in [0, 0.05) is 23.9 Å². The maximum atomic E-state index is 13.4. The predicted molar refractivity (Wildman–Crippen MR) is 113 cm³/mol. The molecule has 0 spiro atoms. The zero-order valence-corrected chi connectivity index (χ0v) is 16.5. The molecule has 3 atom stereocenters. The fourth-order valence-corrected chi connectivity index (χ4v) is 5.35. The van der Waals surface area contributed by atoms with Crippen LogP contribution in [0.25, 0.3) is 10.9 Å². The second kappa shape index (κ2) is 7.27. The Hall–Kier alpha value is -2.72. The van der Waals surface area contributed by atoms with Crippen molar-refractivity contribution in [2.45, 2.75) is 43.7 Å². The minimum absolute atomic E-state index is 0.0113. The molecule has 3 aromatic rings. The summed E-state index contributed by atoms with van der Waals surface area (Å²) in [7, 11) is 0. The van der Waals surface area contributed by atoms with Gasteiger partial charge >= 0.3 is 0 Å². The Morgan fingerprint density at radius 3 is 2.59 bits per heavy atom. The molecule has 1 unspecified atom stereocenters. The van der Waals surface area contributed by atoms with Gasteiger partial charge in [-0.25, -0.2) is 4.98 Å². The standard InChI is InChI=1S/C25H26N2O2/c28-24(22-15-14-18-8-4-6-12-21(18)26-22)27-17-16-25(29,19-9-2-1-3-10-19)20-11-5-7-13-23(20)27/h1-4,6,8-10,12,14-15,20,23,29H,5,7,11,13,16-17H2/t20-,23+,25?/m0/s1. The Kier molecular flexibility index (Phi) is 4.59. The van der Waals surface area contributed by atoms with Crippen LogP contribution in [0.15, 0.2) is 66.7 Å². The zero-order chi connectivity index (χ0) is 19.8. The van der Waals surface area contributed by atoms with E-state index in [9.17, 15) is 9.90 Å². The van der Waals surface area contributed by atoms with Crippen LogP contribution in [0, 0.1) is 5.92 Å². The van der Waals surface area contributed by atoms with Gasteiger partial charge in [0.15, 0.2) is 0 Å². The van der Waals surface area contributed by atoms with Gasteiger partial charge in [-0.1, -0.05) is 67.4 Å². The van der Waals surface area contributed by atoms with Gasteiger partial charge in [0.25, 0.3) is 5.91 Å². The highest BCUT2D eigenvalue weighted by atomic mass is 16.3. The lowest BCUT2D eigenvalue weighted by atomic mass is 9.66. The van der Waals surface area contributed by atoms with Crippen LogP contribution in [0.1, 0.15) is 48.2 Å². The van der Waals surface area contributed by atoms with Crippen molar-refractivity contribution in [1.82, 2.24) is 9.88 Å². The van der Waals surface area contributed by atoms with Crippen LogP contribution in [0.3, 0.4) is 0 Å². The number of hydrogen-bond acceptors (Lipinski definition) is 3. The third-order valence-electron chi connectivity index (χ3n) is 6.83. The summed E-state index contributed by atoms with van der Waals surface area (Å²) in [5, 5.41) is 12.7. The number of aliphatic hydroxyl groups is 1. The highest BCUT2D eigenvalue weighted by Crippen LogP contribution is 2.47. The number of likely N-dealkylation sites (tertiary alicyclic amines) is 1. The Bertz CT molecular complexity index is 1040. The van der Waals surface area contributed by atoms with Gasteiger partial charge in [-0.2, -0.15) is 0 Å². The highest BCUT2D eigenvalue weighted by molar-refractivity contribution is 5.95. The van der Waals surface area contributed by atoms with Gasteiger partial charge in [0.1, 0.15) is 5.69 Å². The lowest BCUT2D eigenvalue weighted by molar-refractivity contribution is -0.110. The van der Waals surface area contributed by atoms with Crippen molar-refractivity contribution in [2.75, 3.05) is 6.54 Å². The Balaban J connectivity index is 1.47. The highest BCUT2D eigenvalue weighted by Gasteiger charge is 2.50. The van der Waals surface area contributed by atoms with E-state index in [2.05, 4.69) is 4.98 Å². The van der Waals surface area contributed by atoms with Crippen LogP contribution in [-0.4, -0.2) is 33.5 Å². The number of carbonyl (C=O) groups is 1. The summed E-state index contributed by atoms with van der Waals surface area (Å²) in [5.41, 5.74) is 1.46. The third kappa shape index (κ3) is 3.12. The molecule has 1 saturated heterocycles. The van der Waals surface area contributed by atoms with E-state index in [4.69, 9.17) is 0 Å². The molecule has 1 aliphatic heterocycles. The van der Waals surface area contributed by atoms with Crippen molar-refractivity contribution in [3.63, 3.8) is 0 Å². The summed E-state index contributed by atoms with van der Waals surface area (Å²) < 4.78 is 0. The predicted octanol–water partition coefficient (Wildman–Crippen LogP) is 4.53. The lowest BCUT2D eigenvalue weighted by Gasteiger charge is -2.52. The van der Waals surface area contributed by atoms with Crippen molar-refractivity contribution in [2.24, 2.45) is 5.92 Å². The van der Waals surface area contributed by atoms with Crippen molar-refractivity contribution in [3.8, 4) is 0 Å². The van der Waals surface area contributed by atoms with Crippen LogP contribution >= 0.6 is 0 Å². The first-order valence-electron chi connectivity index (χ1n) is 10.6. The van der Waals surface area contributed by atoms with Crippen LogP contribution in [0.5, 0.6) is 0 Å². The first-order valence-corrected chi connectivity index (χ1v) is 10.6. The Labute approximate surface area is 171 Å². The van der Waals surface area contributed by atoms with Crippen LogP contribution < -0.4 is 0 Å². The fraction of sp³-hybridized carbons (Fsp3) is 0.360. The molecule has 2 heterocycles. The van der Waals surface area contributed by atoms with Crippen LogP contribution in [-0.2, 0) is 5.60 Å². The van der Waals surface area contributed by atoms with Gasteiger partial charge in [-0.15, -0.1) is 0 Å². The molecular weight excluding hydrogens is 360 g/mol. The van der Waals surface area contributed by atoms with Gasteiger partial charge < -0.3 is 10.0 Å². The number of amides is 1. The quantitative estimate of drug-likeness (QED) is 0.704. The number of hydrogen-bond donors (Lipinski definition) is 1. The molecule has 1 N–H and O–H groups in total. The summed E-state index contributed by atoms with van der Waals surface area (Å²) in [6.07, 6.45) is 4.66. The lowest BCUT2D eigenvalue weighted by Crippen LogP contribution is -2.59. The minimum atomic E-state index is -0.861. The molecule has 148 valence electrons. The number of para-hydroxylation sites is 1. The molecular formula is C25H26N2O2. The summed E-state index contributed by atoms with van der Waals surface area (Å²) in [5.74, 6) is 0.0552. The van der Waals surface area contributed by atoms with E-state index in [1.54, 1.807) is 0 Å². The van der Waals surface area contributed by atoms with Crippen LogP contribution in [0.4, 0.5) is 0 Å². The smallest absolute Gasteiger partial charge is 0.272 e. The number of fused-ring (bicyclic) bond motifs is 2. The first-order chi connectivity index (χ1) is 14.2. The number of carbonyl (C=O) groups excluding carboxylic acids is 1. The van der Waals surface area contributed by atoms with E-state index >= 15 is 0 Å². The molecule has 2 aliphatic rings. The minimum Gasteiger partial charge on any atom is -0.385 e. The van der Waals surface area contributed by atoms with E-state index in [0.29, 0.717) is 18.7 Å². The fourth-order valence-electron chi connectivity index (χ4n) is 5.35. The van der Waals surface area contributed by atoms with Gasteiger partial charge in [0.05, 0.1) is 11.1 Å². The number of aromatic nitrogens is 1. The molecule has 4 nitrogen and oxygen atoms in total. The second-order valence-electron chi connectivity index (χ2n) is 8.39. The van der Waals surface area contributed by atoms with E-state index in [1.165, 1.54) is 0 Å². The molecule has 2 fully saturated rings. The number of pyridine rings is 1. The molecule has 29 heavy (non-hydrogen) atoms. The maximum Gasteiger partial charge on any atom is 0.272 e. The number of rotatable bonds is 2. The molecule has 2 aromatic carbocycles. The van der Waals surface area contributed by atoms with E-state index in [1.807, 2.05) is 71.6 Å². The summed E-state index contributed by atoms with van der Waals surface area (Å²) in [6.45, 7) is 0.555. The molecule has 1 aliphatic carbocycles. The van der Waals surface area contributed by atoms with E-state index < -0.39 is 5.60 Å². The number of benzene rings is 2. The molecule has 0 radical (unpaired) electrons. The normalized spacial score (nSPS) is 26.9. The third-order valence-corrected chi connectivity index (χ3v) is 6.83. The Morgan fingerprint density at radius 2 is 1.72 bits per heavy atom. The zero-order valence-electron chi connectivity index (χ0n) is 16.5. The molecule has 5 rings (SSSR count). The van der Waals surface area contributed by atoms with Crippen LogP contribution in [0.2, 0.25) is 0 Å². The summed E-state index contributed by atoms with van der Waals surface area (Å²) in [6, 6.07) is 21.7.